The maximum Gasteiger partial charge on any atom is 0.307 e. The first-order chi connectivity index (χ1) is 7.76. The summed E-state index contributed by atoms with van der Waals surface area (Å²) < 4.78 is 0. The van der Waals surface area contributed by atoms with E-state index in [-0.39, 0.29) is 23.4 Å². The highest BCUT2D eigenvalue weighted by Gasteiger charge is 2.60. The standard InChI is InChI=1S/C13H21NO3/c1-8(2)17-14-7-9(3)6-10-11(12(15)16)13(10,4)5/h6-8,10-11H,1-5H3,(H,15,16)/t10?,11-/m0/s1. The van der Waals surface area contributed by atoms with Crippen LogP contribution in [0.3, 0.4) is 0 Å². The zero-order valence-corrected chi connectivity index (χ0v) is 11.1. The molecule has 0 aromatic carbocycles. The molecule has 1 unspecified atom stereocenters. The molecule has 0 aromatic heterocycles. The lowest BCUT2D eigenvalue weighted by Gasteiger charge is -2.00. The third kappa shape index (κ3) is 3.32. The van der Waals surface area contributed by atoms with E-state index >= 15 is 0 Å². The van der Waals surface area contributed by atoms with Crippen LogP contribution in [0.2, 0.25) is 0 Å². The third-order valence-electron chi connectivity index (χ3n) is 3.15. The second-order valence-electron chi connectivity index (χ2n) is 5.46. The van der Waals surface area contributed by atoms with Crippen LogP contribution in [0.5, 0.6) is 0 Å². The van der Waals surface area contributed by atoms with Gasteiger partial charge < -0.3 is 9.94 Å². The summed E-state index contributed by atoms with van der Waals surface area (Å²) in [5, 5.41) is 12.9. The van der Waals surface area contributed by atoms with E-state index in [1.165, 1.54) is 0 Å². The Morgan fingerprint density at radius 3 is 2.47 bits per heavy atom. The fourth-order valence-corrected chi connectivity index (χ4v) is 2.02. The fraction of sp³-hybridized carbons (Fsp3) is 0.692. The Morgan fingerprint density at radius 2 is 2.06 bits per heavy atom. The highest BCUT2D eigenvalue weighted by molar-refractivity contribution is 5.80. The van der Waals surface area contributed by atoms with Crippen molar-refractivity contribution >= 4 is 12.2 Å². The van der Waals surface area contributed by atoms with Gasteiger partial charge in [-0.25, -0.2) is 0 Å². The molecule has 0 saturated heterocycles. The molecule has 1 rings (SSSR count). The SMILES string of the molecule is CC(C=NOC(C)C)=CC1[C@@H](C(=O)O)C1(C)C. The monoisotopic (exact) mass is 239 g/mol. The van der Waals surface area contributed by atoms with E-state index in [4.69, 9.17) is 9.94 Å². The van der Waals surface area contributed by atoms with Crippen LogP contribution in [0.4, 0.5) is 0 Å². The fourth-order valence-electron chi connectivity index (χ4n) is 2.02. The van der Waals surface area contributed by atoms with Crippen molar-refractivity contribution < 1.29 is 14.7 Å². The first kappa shape index (κ1) is 13.7. The zero-order valence-electron chi connectivity index (χ0n) is 11.1. The Morgan fingerprint density at radius 1 is 1.47 bits per heavy atom. The number of carboxylic acid groups (broad SMARTS) is 1. The van der Waals surface area contributed by atoms with Crippen molar-refractivity contribution in [1.29, 1.82) is 0 Å². The maximum atomic E-state index is 11.0. The van der Waals surface area contributed by atoms with Gasteiger partial charge in [0.05, 0.1) is 12.1 Å². The van der Waals surface area contributed by atoms with E-state index in [0.29, 0.717) is 0 Å². The Hall–Kier alpha value is -1.32. The Balaban J connectivity index is 2.59. The van der Waals surface area contributed by atoms with Gasteiger partial charge in [0.1, 0.15) is 6.10 Å². The van der Waals surface area contributed by atoms with Gasteiger partial charge in [0.25, 0.3) is 0 Å². The molecule has 0 aromatic rings. The van der Waals surface area contributed by atoms with Gasteiger partial charge in [0.2, 0.25) is 0 Å². The summed E-state index contributed by atoms with van der Waals surface area (Å²) in [4.78, 5) is 16.0. The van der Waals surface area contributed by atoms with Crippen molar-refractivity contribution in [1.82, 2.24) is 0 Å². The van der Waals surface area contributed by atoms with Crippen LogP contribution in [0.15, 0.2) is 16.8 Å². The smallest absolute Gasteiger partial charge is 0.307 e. The van der Waals surface area contributed by atoms with Crippen LogP contribution in [-0.2, 0) is 9.63 Å². The molecule has 0 bridgehead atoms. The van der Waals surface area contributed by atoms with Gasteiger partial charge in [-0.15, -0.1) is 0 Å². The average molecular weight is 239 g/mol. The molecule has 4 heteroatoms. The van der Waals surface area contributed by atoms with Gasteiger partial charge in [-0.3, -0.25) is 4.79 Å². The van der Waals surface area contributed by atoms with E-state index in [2.05, 4.69) is 5.16 Å². The van der Waals surface area contributed by atoms with E-state index in [1.54, 1.807) is 6.21 Å². The molecule has 1 saturated carbocycles. The van der Waals surface area contributed by atoms with E-state index in [1.807, 2.05) is 40.7 Å². The number of nitrogens with zero attached hydrogens (tertiary/aromatic N) is 1. The molecule has 1 aliphatic carbocycles. The highest BCUT2D eigenvalue weighted by atomic mass is 16.6. The van der Waals surface area contributed by atoms with Crippen molar-refractivity contribution in [3.8, 4) is 0 Å². The molecule has 0 aliphatic heterocycles. The van der Waals surface area contributed by atoms with Crippen LogP contribution in [0.25, 0.3) is 0 Å². The van der Waals surface area contributed by atoms with Crippen molar-refractivity contribution in [3.63, 3.8) is 0 Å². The number of carbonyl (C=O) groups is 1. The van der Waals surface area contributed by atoms with Crippen molar-refractivity contribution in [2.75, 3.05) is 0 Å². The molecule has 0 amide bonds. The average Bonchev–Trinajstić information content (AvgIpc) is 2.67. The highest BCUT2D eigenvalue weighted by Crippen LogP contribution is 2.59. The van der Waals surface area contributed by atoms with Crippen molar-refractivity contribution in [2.24, 2.45) is 22.4 Å². The summed E-state index contributed by atoms with van der Waals surface area (Å²) in [5.74, 6) is -0.915. The first-order valence-corrected chi connectivity index (χ1v) is 5.87. The molecular formula is C13H21NO3. The predicted octanol–water partition coefficient (Wildman–Crippen LogP) is 2.70. The van der Waals surface area contributed by atoms with Crippen LogP contribution >= 0.6 is 0 Å². The largest absolute Gasteiger partial charge is 0.481 e. The molecule has 1 fully saturated rings. The molecular weight excluding hydrogens is 218 g/mol. The van der Waals surface area contributed by atoms with Gasteiger partial charge >= 0.3 is 5.97 Å². The number of aliphatic carboxylic acids is 1. The van der Waals surface area contributed by atoms with Gasteiger partial charge in [-0.2, -0.15) is 0 Å². The third-order valence-corrected chi connectivity index (χ3v) is 3.15. The molecule has 17 heavy (non-hydrogen) atoms. The van der Waals surface area contributed by atoms with Crippen LogP contribution in [-0.4, -0.2) is 23.4 Å². The summed E-state index contributed by atoms with van der Waals surface area (Å²) in [6, 6.07) is 0. The van der Waals surface area contributed by atoms with Crippen molar-refractivity contribution in [2.45, 2.75) is 40.7 Å². The summed E-state index contributed by atoms with van der Waals surface area (Å²) in [7, 11) is 0. The second-order valence-corrected chi connectivity index (χ2v) is 5.46. The lowest BCUT2D eigenvalue weighted by Crippen LogP contribution is -2.03. The predicted molar refractivity (Wildman–Crippen MR) is 66.9 cm³/mol. The minimum Gasteiger partial charge on any atom is -0.481 e. The molecule has 1 aliphatic rings. The molecule has 96 valence electrons. The lowest BCUT2D eigenvalue weighted by atomic mass is 10.1. The Labute approximate surface area is 102 Å². The number of carboxylic acids is 1. The molecule has 0 heterocycles. The summed E-state index contributed by atoms with van der Waals surface area (Å²) in [6.07, 6.45) is 3.66. The lowest BCUT2D eigenvalue weighted by molar-refractivity contribution is -0.139. The van der Waals surface area contributed by atoms with Crippen LogP contribution < -0.4 is 0 Å². The summed E-state index contributed by atoms with van der Waals surface area (Å²) in [5.41, 5.74) is 0.785. The van der Waals surface area contributed by atoms with E-state index < -0.39 is 5.97 Å². The van der Waals surface area contributed by atoms with Gasteiger partial charge in [0, 0.05) is 0 Å². The topological polar surface area (TPSA) is 58.9 Å². The molecule has 2 atom stereocenters. The minimum atomic E-state index is -0.723. The summed E-state index contributed by atoms with van der Waals surface area (Å²) in [6.45, 7) is 9.66. The Kier molecular flexibility index (Phi) is 3.96. The quantitative estimate of drug-likeness (QED) is 0.592. The molecule has 0 radical (unpaired) electrons. The Bertz CT molecular complexity index is 356. The van der Waals surface area contributed by atoms with E-state index in [0.717, 1.165) is 5.57 Å². The molecule has 1 N–H and O–H groups in total. The number of rotatable bonds is 5. The van der Waals surface area contributed by atoms with E-state index in [9.17, 15) is 4.79 Å². The zero-order chi connectivity index (χ0) is 13.2. The number of hydrogen-bond donors (Lipinski definition) is 1. The minimum absolute atomic E-state index is 0.0585. The van der Waals surface area contributed by atoms with Crippen LogP contribution in [0, 0.1) is 17.3 Å². The van der Waals surface area contributed by atoms with Crippen LogP contribution in [0.1, 0.15) is 34.6 Å². The molecule has 4 nitrogen and oxygen atoms in total. The van der Waals surface area contributed by atoms with Gasteiger partial charge in [-0.1, -0.05) is 25.1 Å². The number of allylic oxidation sites excluding steroid dienone is 2. The number of hydrogen-bond acceptors (Lipinski definition) is 3. The van der Waals surface area contributed by atoms with Gasteiger partial charge in [-0.05, 0) is 37.7 Å². The normalized spacial score (nSPS) is 27.5. The maximum absolute atomic E-state index is 11.0. The van der Waals surface area contributed by atoms with Gasteiger partial charge in [0.15, 0.2) is 0 Å². The second kappa shape index (κ2) is 4.90. The number of oxime groups is 1. The summed E-state index contributed by atoms with van der Waals surface area (Å²) >= 11 is 0. The first-order valence-electron chi connectivity index (χ1n) is 5.87. The molecule has 0 spiro atoms. The van der Waals surface area contributed by atoms with Crippen molar-refractivity contribution in [3.05, 3.63) is 11.6 Å².